The maximum absolute atomic E-state index is 13.6. The van der Waals surface area contributed by atoms with Crippen LogP contribution < -0.4 is 0 Å². The van der Waals surface area contributed by atoms with E-state index in [1.807, 2.05) is 0 Å². The van der Waals surface area contributed by atoms with E-state index in [2.05, 4.69) is 5.10 Å². The summed E-state index contributed by atoms with van der Waals surface area (Å²) in [7, 11) is 0. The van der Waals surface area contributed by atoms with E-state index in [9.17, 15) is 9.18 Å². The van der Waals surface area contributed by atoms with Crippen LogP contribution in [0.1, 0.15) is 12.5 Å². The molecule has 16 heavy (non-hydrogen) atoms. The monoisotopic (exact) mass is 218 g/mol. The van der Waals surface area contributed by atoms with E-state index in [0.717, 1.165) is 5.69 Å². The molecule has 3 nitrogen and oxygen atoms in total. The van der Waals surface area contributed by atoms with Crippen molar-refractivity contribution in [2.75, 3.05) is 0 Å². The van der Waals surface area contributed by atoms with Crippen LogP contribution >= 0.6 is 0 Å². The molecule has 82 valence electrons. The summed E-state index contributed by atoms with van der Waals surface area (Å²) < 4.78 is 15.3. The lowest BCUT2D eigenvalue weighted by atomic mass is 9.99. The van der Waals surface area contributed by atoms with E-state index in [1.54, 1.807) is 47.4 Å². The molecule has 2 aromatic rings. The second kappa shape index (κ2) is 3.89. The second-order valence-electron chi connectivity index (χ2n) is 3.69. The lowest BCUT2D eigenvalue weighted by Crippen LogP contribution is -2.16. The van der Waals surface area contributed by atoms with Gasteiger partial charge in [0.2, 0.25) is 0 Å². The average Bonchev–Trinajstić information content (AvgIpc) is 2.83. The molecule has 1 aromatic carbocycles. The van der Waals surface area contributed by atoms with Gasteiger partial charge in [0.15, 0.2) is 12.0 Å². The van der Waals surface area contributed by atoms with Gasteiger partial charge in [0.05, 0.1) is 5.69 Å². The Kier molecular flexibility index (Phi) is 2.56. The molecule has 0 N–H and O–H groups in total. The molecular formula is C12H11FN2O. The molecule has 0 saturated heterocycles. The Labute approximate surface area is 92.5 Å². The van der Waals surface area contributed by atoms with Crippen LogP contribution in [0.5, 0.6) is 0 Å². The van der Waals surface area contributed by atoms with Gasteiger partial charge in [-0.25, -0.2) is 9.07 Å². The molecule has 2 rings (SSSR count). The topological polar surface area (TPSA) is 34.9 Å². The number of halogens is 1. The fraction of sp³-hybridized carbons (Fsp3) is 0.167. The Bertz CT molecular complexity index is 474. The number of rotatable bonds is 3. The lowest BCUT2D eigenvalue weighted by Gasteiger charge is -2.13. The van der Waals surface area contributed by atoms with Crippen LogP contribution in [0.15, 0.2) is 42.7 Å². The molecule has 0 aliphatic heterocycles. The summed E-state index contributed by atoms with van der Waals surface area (Å²) in [6.45, 7) is 1.24. The number of carbonyl (C=O) groups excluding carboxylic acids is 1. The van der Waals surface area contributed by atoms with Crippen molar-refractivity contribution in [3.63, 3.8) is 0 Å². The molecule has 0 amide bonds. The number of aldehydes is 1. The summed E-state index contributed by atoms with van der Waals surface area (Å²) in [5, 5.41) is 4.05. The standard InChI is InChI=1S/C12H11FN2O/c1-12(13,9-16)10-3-5-11(6-4-10)15-8-2-7-14-15/h2-9H,1H3. The van der Waals surface area contributed by atoms with Crippen molar-refractivity contribution in [1.82, 2.24) is 9.78 Å². The van der Waals surface area contributed by atoms with Crippen molar-refractivity contribution in [3.05, 3.63) is 48.3 Å². The highest BCUT2D eigenvalue weighted by Crippen LogP contribution is 2.23. The van der Waals surface area contributed by atoms with Crippen LogP contribution in [0.3, 0.4) is 0 Å². The maximum Gasteiger partial charge on any atom is 0.187 e. The van der Waals surface area contributed by atoms with Gasteiger partial charge in [-0.3, -0.25) is 4.79 Å². The molecule has 1 aromatic heterocycles. The molecule has 0 spiro atoms. The van der Waals surface area contributed by atoms with E-state index >= 15 is 0 Å². The molecule has 1 unspecified atom stereocenters. The van der Waals surface area contributed by atoms with Gasteiger partial charge < -0.3 is 0 Å². The number of alkyl halides is 1. The summed E-state index contributed by atoms with van der Waals surface area (Å²) in [5.74, 6) is 0. The predicted octanol–water partition coefficient (Wildman–Crippen LogP) is 2.26. The average molecular weight is 218 g/mol. The normalized spacial score (nSPS) is 14.4. The number of carbonyl (C=O) groups is 1. The van der Waals surface area contributed by atoms with Gasteiger partial charge in [0.1, 0.15) is 0 Å². The van der Waals surface area contributed by atoms with Crippen molar-refractivity contribution < 1.29 is 9.18 Å². The third-order valence-electron chi connectivity index (χ3n) is 2.42. The molecule has 0 aliphatic rings. The Morgan fingerprint density at radius 3 is 2.56 bits per heavy atom. The van der Waals surface area contributed by atoms with Crippen LogP contribution in [0, 0.1) is 0 Å². The quantitative estimate of drug-likeness (QED) is 0.740. The van der Waals surface area contributed by atoms with Crippen LogP contribution in [-0.2, 0) is 10.5 Å². The van der Waals surface area contributed by atoms with E-state index in [0.29, 0.717) is 11.8 Å². The van der Waals surface area contributed by atoms with Gasteiger partial charge in [-0.1, -0.05) is 12.1 Å². The van der Waals surface area contributed by atoms with Crippen LogP contribution in [-0.4, -0.2) is 16.1 Å². The molecule has 1 heterocycles. The molecule has 0 fully saturated rings. The number of hydrogen-bond acceptors (Lipinski definition) is 2. The van der Waals surface area contributed by atoms with E-state index < -0.39 is 5.67 Å². The van der Waals surface area contributed by atoms with Crippen molar-refractivity contribution >= 4 is 6.29 Å². The van der Waals surface area contributed by atoms with Gasteiger partial charge in [-0.15, -0.1) is 0 Å². The van der Waals surface area contributed by atoms with Crippen molar-refractivity contribution in [1.29, 1.82) is 0 Å². The third-order valence-corrected chi connectivity index (χ3v) is 2.42. The highest BCUT2D eigenvalue weighted by Gasteiger charge is 2.24. The molecule has 0 saturated carbocycles. The molecule has 0 radical (unpaired) electrons. The SMILES string of the molecule is CC(F)(C=O)c1ccc(-n2cccn2)cc1. The predicted molar refractivity (Wildman–Crippen MR) is 58.1 cm³/mol. The van der Waals surface area contributed by atoms with Crippen LogP contribution in [0.4, 0.5) is 4.39 Å². The summed E-state index contributed by atoms with van der Waals surface area (Å²) in [6.07, 6.45) is 3.76. The van der Waals surface area contributed by atoms with Crippen LogP contribution in [0.25, 0.3) is 5.69 Å². The minimum atomic E-state index is -1.93. The zero-order valence-electron chi connectivity index (χ0n) is 8.80. The van der Waals surface area contributed by atoms with Crippen molar-refractivity contribution in [2.45, 2.75) is 12.6 Å². The number of aromatic nitrogens is 2. The molecule has 0 aliphatic carbocycles. The van der Waals surface area contributed by atoms with Gasteiger partial charge in [0.25, 0.3) is 0 Å². The Morgan fingerprint density at radius 2 is 2.06 bits per heavy atom. The smallest absolute Gasteiger partial charge is 0.187 e. The van der Waals surface area contributed by atoms with Gasteiger partial charge in [-0.05, 0) is 30.7 Å². The Morgan fingerprint density at radius 1 is 1.38 bits per heavy atom. The highest BCUT2D eigenvalue weighted by molar-refractivity contribution is 5.65. The van der Waals surface area contributed by atoms with Crippen molar-refractivity contribution in [3.8, 4) is 5.69 Å². The van der Waals surface area contributed by atoms with Gasteiger partial charge >= 0.3 is 0 Å². The van der Waals surface area contributed by atoms with Gasteiger partial charge in [0, 0.05) is 12.4 Å². The summed E-state index contributed by atoms with van der Waals surface area (Å²) in [4.78, 5) is 10.5. The summed E-state index contributed by atoms with van der Waals surface area (Å²) in [6, 6.07) is 8.43. The molecule has 4 heteroatoms. The van der Waals surface area contributed by atoms with E-state index in [1.165, 1.54) is 6.92 Å². The highest BCUT2D eigenvalue weighted by atomic mass is 19.1. The van der Waals surface area contributed by atoms with Gasteiger partial charge in [-0.2, -0.15) is 5.10 Å². The fourth-order valence-corrected chi connectivity index (χ4v) is 1.43. The Hall–Kier alpha value is -1.97. The molecule has 0 bridgehead atoms. The summed E-state index contributed by atoms with van der Waals surface area (Å²) in [5.41, 5.74) is -0.753. The Balaban J connectivity index is 2.34. The van der Waals surface area contributed by atoms with Crippen LogP contribution in [0.2, 0.25) is 0 Å². The first-order chi connectivity index (χ1) is 7.63. The number of nitrogens with zero attached hydrogens (tertiary/aromatic N) is 2. The minimum absolute atomic E-state index is 0.302. The first-order valence-electron chi connectivity index (χ1n) is 4.89. The van der Waals surface area contributed by atoms with E-state index in [4.69, 9.17) is 0 Å². The van der Waals surface area contributed by atoms with E-state index in [-0.39, 0.29) is 0 Å². The lowest BCUT2D eigenvalue weighted by molar-refractivity contribution is -0.117. The first-order valence-corrected chi connectivity index (χ1v) is 4.89. The minimum Gasteiger partial charge on any atom is -0.299 e. The zero-order valence-corrected chi connectivity index (χ0v) is 8.80. The second-order valence-corrected chi connectivity index (χ2v) is 3.69. The third kappa shape index (κ3) is 1.86. The van der Waals surface area contributed by atoms with Crippen molar-refractivity contribution in [2.24, 2.45) is 0 Å². The molecular weight excluding hydrogens is 207 g/mol. The number of benzene rings is 1. The largest absolute Gasteiger partial charge is 0.299 e. The molecule has 1 atom stereocenters. The summed E-state index contributed by atoms with van der Waals surface area (Å²) >= 11 is 0. The maximum atomic E-state index is 13.6. The zero-order chi connectivity index (χ0) is 11.6. The fourth-order valence-electron chi connectivity index (χ4n) is 1.43. The number of hydrogen-bond donors (Lipinski definition) is 0. The first kappa shape index (κ1) is 10.5.